The van der Waals surface area contributed by atoms with Crippen LogP contribution in [0.5, 0.6) is 0 Å². The number of aromatic nitrogens is 8. The highest BCUT2D eigenvalue weighted by atomic mass is 32.2. The minimum atomic E-state index is -3.05. The van der Waals surface area contributed by atoms with Crippen LogP contribution in [0.1, 0.15) is 53.0 Å². The second-order valence-corrected chi connectivity index (χ2v) is 11.2. The van der Waals surface area contributed by atoms with Gasteiger partial charge in [0.15, 0.2) is 21.3 Å². The van der Waals surface area contributed by atoms with Crippen molar-refractivity contribution in [2.75, 3.05) is 16.8 Å². The average Bonchev–Trinajstić information content (AvgIpc) is 3.53. The summed E-state index contributed by atoms with van der Waals surface area (Å²) in [4.78, 5) is 28.7. The predicted octanol–water partition coefficient (Wildman–Crippen LogP) is 1.49. The molecule has 0 unspecified atom stereocenters. The molecule has 176 valence electrons. The largest absolute Gasteiger partial charge is 0.340 e. The van der Waals surface area contributed by atoms with Crippen molar-refractivity contribution in [3.8, 4) is 5.82 Å². The van der Waals surface area contributed by atoms with Crippen molar-refractivity contribution < 1.29 is 13.2 Å². The van der Waals surface area contributed by atoms with Crippen molar-refractivity contribution in [3.05, 3.63) is 40.9 Å². The maximum absolute atomic E-state index is 12.9. The maximum Gasteiger partial charge on any atom is 0.226 e. The number of imidazole rings is 1. The predicted molar refractivity (Wildman–Crippen MR) is 123 cm³/mol. The van der Waals surface area contributed by atoms with Gasteiger partial charge in [0.25, 0.3) is 0 Å². The Morgan fingerprint density at radius 1 is 1.06 bits per heavy atom. The quantitative estimate of drug-likeness (QED) is 0.446. The number of carbonyl (C=O) groups is 1. The van der Waals surface area contributed by atoms with Crippen molar-refractivity contribution in [1.29, 1.82) is 0 Å². The van der Waals surface area contributed by atoms with E-state index in [0.717, 1.165) is 28.2 Å². The molecule has 2 aliphatic rings. The van der Waals surface area contributed by atoms with Crippen LogP contribution < -0.4 is 5.32 Å². The number of anilines is 1. The first-order valence-electron chi connectivity index (χ1n) is 11.0. The van der Waals surface area contributed by atoms with E-state index in [-0.39, 0.29) is 35.8 Å². The first kappa shape index (κ1) is 21.0. The number of nitrogens with zero attached hydrogens (tertiary/aromatic N) is 7. The van der Waals surface area contributed by atoms with Crippen molar-refractivity contribution in [1.82, 2.24) is 39.5 Å². The monoisotopic (exact) mass is 481 g/mol. The normalized spacial score (nSPS) is 21.7. The fraction of sp³-hybridized carbons (Fsp3) is 0.429. The van der Waals surface area contributed by atoms with Gasteiger partial charge in [-0.25, -0.2) is 23.4 Å². The van der Waals surface area contributed by atoms with Gasteiger partial charge in [-0.2, -0.15) is 14.9 Å². The summed E-state index contributed by atoms with van der Waals surface area (Å²) < 4.78 is 27.6. The zero-order valence-electron chi connectivity index (χ0n) is 18.9. The van der Waals surface area contributed by atoms with Gasteiger partial charge in [-0.05, 0) is 27.2 Å². The van der Waals surface area contributed by atoms with E-state index in [1.807, 2.05) is 25.5 Å². The molecule has 0 bridgehead atoms. The second-order valence-electron chi connectivity index (χ2n) is 8.95. The number of H-pyrrole nitrogens is 1. The molecule has 1 amide bonds. The molecule has 0 spiro atoms. The van der Waals surface area contributed by atoms with E-state index in [2.05, 4.69) is 25.3 Å². The van der Waals surface area contributed by atoms with Crippen molar-refractivity contribution in [3.63, 3.8) is 0 Å². The van der Waals surface area contributed by atoms with E-state index in [1.54, 1.807) is 4.68 Å². The van der Waals surface area contributed by atoms with Crippen LogP contribution >= 0.6 is 0 Å². The highest BCUT2D eigenvalue weighted by Gasteiger charge is 2.38. The summed E-state index contributed by atoms with van der Waals surface area (Å²) in [6, 6.07) is -0.187. The van der Waals surface area contributed by atoms with Gasteiger partial charge in [0.1, 0.15) is 17.7 Å². The highest BCUT2D eigenvalue weighted by Crippen LogP contribution is 2.43. The third kappa shape index (κ3) is 3.06. The van der Waals surface area contributed by atoms with Gasteiger partial charge in [0.05, 0.1) is 35.3 Å². The van der Waals surface area contributed by atoms with Crippen molar-refractivity contribution >= 4 is 32.7 Å². The minimum Gasteiger partial charge on any atom is -0.340 e. The lowest BCUT2D eigenvalue weighted by Crippen LogP contribution is -2.25. The Hall–Kier alpha value is -3.61. The molecule has 0 aromatic carbocycles. The van der Waals surface area contributed by atoms with Gasteiger partial charge < -0.3 is 10.3 Å². The molecule has 34 heavy (non-hydrogen) atoms. The number of carbonyl (C=O) groups excluding carboxylic acids is 1. The minimum absolute atomic E-state index is 0.0929. The number of aromatic amines is 1. The molecule has 0 radical (unpaired) electrons. The summed E-state index contributed by atoms with van der Waals surface area (Å²) in [5, 5.41) is 12.4. The molecule has 13 heteroatoms. The van der Waals surface area contributed by atoms with E-state index < -0.39 is 9.84 Å². The number of aryl methyl sites for hydroxylation is 2. The van der Waals surface area contributed by atoms with Crippen LogP contribution in [0.2, 0.25) is 0 Å². The molecule has 6 rings (SSSR count). The van der Waals surface area contributed by atoms with E-state index in [4.69, 9.17) is 10.2 Å². The van der Waals surface area contributed by atoms with E-state index >= 15 is 0 Å². The fourth-order valence-corrected chi connectivity index (χ4v) is 7.06. The zero-order valence-corrected chi connectivity index (χ0v) is 19.7. The Morgan fingerprint density at radius 3 is 2.62 bits per heavy atom. The molecule has 6 heterocycles. The topological polar surface area (TPSA) is 153 Å². The Kier molecular flexibility index (Phi) is 4.43. The van der Waals surface area contributed by atoms with Crippen LogP contribution in [0, 0.1) is 20.8 Å². The van der Waals surface area contributed by atoms with Crippen molar-refractivity contribution in [2.24, 2.45) is 0 Å². The van der Waals surface area contributed by atoms with Gasteiger partial charge in [-0.15, -0.1) is 0 Å². The lowest BCUT2D eigenvalue weighted by atomic mass is 9.84. The maximum atomic E-state index is 12.9. The number of nitrogens with one attached hydrogen (secondary N) is 2. The summed E-state index contributed by atoms with van der Waals surface area (Å²) in [7, 11) is -3.05. The molecule has 2 N–H and O–H groups in total. The van der Waals surface area contributed by atoms with Crippen LogP contribution in [0.4, 0.5) is 5.82 Å². The average molecular weight is 482 g/mol. The molecule has 1 fully saturated rings. The number of hydrogen-bond acceptors (Lipinski definition) is 8. The van der Waals surface area contributed by atoms with Crippen LogP contribution in [-0.4, -0.2) is 65.3 Å². The molecule has 0 aliphatic carbocycles. The Labute approximate surface area is 194 Å². The van der Waals surface area contributed by atoms with E-state index in [1.165, 1.54) is 12.7 Å². The van der Waals surface area contributed by atoms with Gasteiger partial charge in [0, 0.05) is 29.2 Å². The molecule has 4 aromatic rings. The molecule has 0 saturated carbocycles. The van der Waals surface area contributed by atoms with Crippen LogP contribution in [0.15, 0.2) is 12.7 Å². The number of sulfone groups is 1. The Morgan fingerprint density at radius 2 is 1.85 bits per heavy atom. The lowest BCUT2D eigenvalue weighted by molar-refractivity contribution is -0.116. The summed E-state index contributed by atoms with van der Waals surface area (Å²) in [5.74, 6) is 0.924. The fourth-order valence-electron chi connectivity index (χ4n) is 5.36. The molecular formula is C21H23N9O3S. The van der Waals surface area contributed by atoms with Crippen molar-refractivity contribution in [2.45, 2.75) is 45.6 Å². The van der Waals surface area contributed by atoms with Gasteiger partial charge >= 0.3 is 0 Å². The highest BCUT2D eigenvalue weighted by molar-refractivity contribution is 7.91. The number of rotatable bonds is 3. The first-order valence-corrected chi connectivity index (χ1v) is 12.9. The summed E-state index contributed by atoms with van der Waals surface area (Å²) in [6.07, 6.45) is 3.75. The van der Waals surface area contributed by atoms with E-state index in [0.29, 0.717) is 29.2 Å². The second kappa shape index (κ2) is 7.19. The number of fused-ring (bicyclic) bond motifs is 2. The Balaban J connectivity index is 1.50. The third-order valence-corrected chi connectivity index (χ3v) is 8.54. The SMILES string of the molecule is Cc1nn(-c2ncnc3nc[nH]c23)c2c1[C@@H](c1c(C)nn([C@H]3CCS(=O)(=O)C3)c1C)CC(=O)N2. The first-order chi connectivity index (χ1) is 16.2. The van der Waals surface area contributed by atoms with Crippen LogP contribution in [0.25, 0.3) is 17.0 Å². The van der Waals surface area contributed by atoms with E-state index in [9.17, 15) is 13.2 Å². The molecule has 2 aliphatic heterocycles. The smallest absolute Gasteiger partial charge is 0.226 e. The molecule has 12 nitrogen and oxygen atoms in total. The molecule has 2 atom stereocenters. The molecular weight excluding hydrogens is 458 g/mol. The zero-order chi connectivity index (χ0) is 23.8. The third-order valence-electron chi connectivity index (χ3n) is 6.79. The van der Waals surface area contributed by atoms with Crippen LogP contribution in [0.3, 0.4) is 0 Å². The number of amides is 1. The molecule has 4 aromatic heterocycles. The van der Waals surface area contributed by atoms with Gasteiger partial charge in [-0.3, -0.25) is 9.48 Å². The lowest BCUT2D eigenvalue weighted by Gasteiger charge is -2.25. The Bertz CT molecular complexity index is 1580. The van der Waals surface area contributed by atoms with Gasteiger partial charge in [-0.1, -0.05) is 0 Å². The van der Waals surface area contributed by atoms with Crippen LogP contribution in [-0.2, 0) is 14.6 Å². The summed E-state index contributed by atoms with van der Waals surface area (Å²) in [6.45, 7) is 5.77. The molecule has 1 saturated heterocycles. The summed E-state index contributed by atoms with van der Waals surface area (Å²) >= 11 is 0. The van der Waals surface area contributed by atoms with Gasteiger partial charge in [0.2, 0.25) is 5.91 Å². The summed E-state index contributed by atoms with van der Waals surface area (Å²) in [5.41, 5.74) is 5.40. The number of hydrogen-bond donors (Lipinski definition) is 2. The standard InChI is InChI=1S/C21H23N9O3S/c1-10-16(12(3)29(27-10)13-4-5-34(32,33)7-13)14-6-15(31)26-20-17(14)11(2)28-30(20)21-18-19(23-8-22-18)24-9-25-21/h8-9,13-14H,4-7H2,1-3H3,(H,26,31)(H,22,23,24,25)/t13-,14+/m0/s1.